The van der Waals surface area contributed by atoms with Crippen molar-refractivity contribution in [3.8, 4) is 0 Å². The van der Waals surface area contributed by atoms with Crippen LogP contribution < -0.4 is 16.0 Å². The van der Waals surface area contributed by atoms with E-state index in [4.69, 9.17) is 4.74 Å². The quantitative estimate of drug-likeness (QED) is 0.303. The van der Waals surface area contributed by atoms with Gasteiger partial charge in [0.1, 0.15) is 18.1 Å². The average Bonchev–Trinajstić information content (AvgIpc) is 3.74. The molecule has 2 aromatic carbocycles. The van der Waals surface area contributed by atoms with Crippen molar-refractivity contribution in [3.05, 3.63) is 71.8 Å². The van der Waals surface area contributed by atoms with E-state index in [0.29, 0.717) is 31.6 Å². The minimum atomic E-state index is -0.899. The second-order valence-corrected chi connectivity index (χ2v) is 10.8. The van der Waals surface area contributed by atoms with Crippen molar-refractivity contribution in [3.63, 3.8) is 0 Å². The molecule has 8 heteroatoms. The average molecular weight is 536 g/mol. The van der Waals surface area contributed by atoms with Crippen LogP contribution in [0.2, 0.25) is 0 Å². The van der Waals surface area contributed by atoms with Gasteiger partial charge in [0, 0.05) is 12.8 Å². The molecule has 3 amide bonds. The predicted octanol–water partition coefficient (Wildman–Crippen LogP) is 3.34. The van der Waals surface area contributed by atoms with Gasteiger partial charge in [-0.2, -0.15) is 0 Å². The van der Waals surface area contributed by atoms with Crippen LogP contribution in [0.5, 0.6) is 0 Å². The maximum atomic E-state index is 13.5. The molecule has 1 aliphatic carbocycles. The van der Waals surface area contributed by atoms with Gasteiger partial charge in [-0.15, -0.1) is 0 Å². The van der Waals surface area contributed by atoms with Crippen molar-refractivity contribution < 1.29 is 23.9 Å². The highest BCUT2D eigenvalue weighted by atomic mass is 16.5. The lowest BCUT2D eigenvalue weighted by Gasteiger charge is -2.26. The largest absolute Gasteiger partial charge is 0.467 e. The highest BCUT2D eigenvalue weighted by molar-refractivity contribution is 5.93. The second-order valence-electron chi connectivity index (χ2n) is 10.8. The van der Waals surface area contributed by atoms with E-state index in [9.17, 15) is 19.2 Å². The Morgan fingerprint density at radius 1 is 0.795 bits per heavy atom. The number of esters is 1. The summed E-state index contributed by atoms with van der Waals surface area (Å²) in [6, 6.07) is 16.6. The number of rotatable bonds is 15. The van der Waals surface area contributed by atoms with Crippen LogP contribution in [0.1, 0.15) is 57.1 Å². The molecule has 39 heavy (non-hydrogen) atoms. The smallest absolute Gasteiger partial charge is 0.328 e. The van der Waals surface area contributed by atoms with Crippen LogP contribution in [-0.4, -0.2) is 48.9 Å². The normalized spacial score (nSPS) is 15.1. The summed E-state index contributed by atoms with van der Waals surface area (Å²) in [6.45, 7) is 3.91. The molecule has 2 aromatic rings. The Morgan fingerprint density at radius 3 is 1.92 bits per heavy atom. The van der Waals surface area contributed by atoms with E-state index >= 15 is 0 Å². The van der Waals surface area contributed by atoms with Crippen LogP contribution in [0.3, 0.4) is 0 Å². The van der Waals surface area contributed by atoms with Crippen molar-refractivity contribution in [2.45, 2.75) is 76.9 Å². The molecule has 3 atom stereocenters. The minimum Gasteiger partial charge on any atom is -0.467 e. The third-order valence-electron chi connectivity index (χ3n) is 6.81. The Balaban J connectivity index is 1.71. The summed E-state index contributed by atoms with van der Waals surface area (Å²) in [5, 5.41) is 8.55. The molecule has 1 saturated carbocycles. The predicted molar refractivity (Wildman–Crippen MR) is 150 cm³/mol. The van der Waals surface area contributed by atoms with Gasteiger partial charge in [0.15, 0.2) is 0 Å². The highest BCUT2D eigenvalue weighted by Crippen LogP contribution is 2.32. The first-order valence-corrected chi connectivity index (χ1v) is 13.8. The van der Waals surface area contributed by atoms with Crippen molar-refractivity contribution in [2.24, 2.45) is 11.8 Å². The molecule has 0 bridgehead atoms. The topological polar surface area (TPSA) is 114 Å². The first-order chi connectivity index (χ1) is 18.7. The van der Waals surface area contributed by atoms with E-state index < -0.39 is 35.9 Å². The fraction of sp³-hybridized carbons (Fsp3) is 0.484. The van der Waals surface area contributed by atoms with Crippen molar-refractivity contribution in [2.75, 3.05) is 7.11 Å². The zero-order chi connectivity index (χ0) is 28.2. The molecule has 0 unspecified atom stereocenters. The summed E-state index contributed by atoms with van der Waals surface area (Å²) in [6.07, 6.45) is 4.12. The summed E-state index contributed by atoms with van der Waals surface area (Å²) in [5.74, 6) is -1.09. The summed E-state index contributed by atoms with van der Waals surface area (Å²) >= 11 is 0. The first kappa shape index (κ1) is 29.9. The van der Waals surface area contributed by atoms with Crippen LogP contribution >= 0.6 is 0 Å². The minimum absolute atomic E-state index is 0.0963. The van der Waals surface area contributed by atoms with Gasteiger partial charge in [-0.25, -0.2) is 4.79 Å². The zero-order valence-electron chi connectivity index (χ0n) is 23.2. The number of hydrogen-bond acceptors (Lipinski definition) is 5. The number of ether oxygens (including phenoxy) is 1. The molecule has 0 radical (unpaired) electrons. The SMILES string of the molecule is COC(=O)[C@H](Cc1ccccc1)NC(=O)[C@H](CC(C)C)NC(=O)[C@H](CCc1ccccc1)NC(=O)CC1CC1. The number of carbonyl (C=O) groups excluding carboxylic acids is 4. The highest BCUT2D eigenvalue weighted by Gasteiger charge is 2.31. The third-order valence-corrected chi connectivity index (χ3v) is 6.81. The molecule has 210 valence electrons. The third kappa shape index (κ3) is 10.5. The first-order valence-electron chi connectivity index (χ1n) is 13.8. The molecule has 0 aromatic heterocycles. The molecule has 0 heterocycles. The lowest BCUT2D eigenvalue weighted by atomic mass is 10.00. The van der Waals surface area contributed by atoms with E-state index in [0.717, 1.165) is 24.0 Å². The van der Waals surface area contributed by atoms with E-state index in [2.05, 4.69) is 16.0 Å². The molecular formula is C31H41N3O5. The maximum absolute atomic E-state index is 13.5. The van der Waals surface area contributed by atoms with Gasteiger partial charge in [-0.05, 0) is 55.1 Å². The zero-order valence-corrected chi connectivity index (χ0v) is 23.2. The molecule has 3 N–H and O–H groups in total. The second kappa shape index (κ2) is 15.0. The molecule has 8 nitrogen and oxygen atoms in total. The van der Waals surface area contributed by atoms with Crippen LogP contribution in [0.25, 0.3) is 0 Å². The number of nitrogens with one attached hydrogen (secondary N) is 3. The molecule has 3 rings (SSSR count). The van der Waals surface area contributed by atoms with Crippen LogP contribution in [0, 0.1) is 11.8 Å². The summed E-state index contributed by atoms with van der Waals surface area (Å²) in [7, 11) is 1.28. The fourth-order valence-corrected chi connectivity index (χ4v) is 4.49. The Labute approximate surface area is 231 Å². The van der Waals surface area contributed by atoms with Gasteiger partial charge in [0.05, 0.1) is 7.11 Å². The van der Waals surface area contributed by atoms with E-state index in [1.165, 1.54) is 7.11 Å². The number of hydrogen-bond donors (Lipinski definition) is 3. The number of carbonyl (C=O) groups is 4. The van der Waals surface area contributed by atoms with Gasteiger partial charge in [0.25, 0.3) is 0 Å². The fourth-order valence-electron chi connectivity index (χ4n) is 4.49. The summed E-state index contributed by atoms with van der Waals surface area (Å²) in [5.41, 5.74) is 1.93. The Kier molecular flexibility index (Phi) is 11.5. The number of methoxy groups -OCH3 is 1. The van der Waals surface area contributed by atoms with E-state index in [1.807, 2.05) is 74.5 Å². The molecular weight excluding hydrogens is 494 g/mol. The summed E-state index contributed by atoms with van der Waals surface area (Å²) in [4.78, 5) is 52.0. The van der Waals surface area contributed by atoms with Gasteiger partial charge >= 0.3 is 5.97 Å². The molecule has 0 saturated heterocycles. The number of benzene rings is 2. The van der Waals surface area contributed by atoms with Crippen molar-refractivity contribution >= 4 is 23.7 Å². The molecule has 0 aliphatic heterocycles. The Bertz CT molecular complexity index is 1090. The van der Waals surface area contributed by atoms with Crippen LogP contribution in [0.4, 0.5) is 0 Å². The standard InChI is InChI=1S/C31H41N3O5/c1-21(2)18-26(30(37)34-27(31(38)39-3)19-23-12-8-5-9-13-23)33-29(36)25(32-28(35)20-24-14-15-24)17-16-22-10-6-4-7-11-22/h4-13,21,24-27H,14-20H2,1-3H3,(H,32,35)(H,33,36)(H,34,37)/t25-,26-,27-/m0/s1. The van der Waals surface area contributed by atoms with E-state index in [-0.39, 0.29) is 18.2 Å². The van der Waals surface area contributed by atoms with Crippen molar-refractivity contribution in [1.82, 2.24) is 16.0 Å². The van der Waals surface area contributed by atoms with Crippen molar-refractivity contribution in [1.29, 1.82) is 0 Å². The van der Waals surface area contributed by atoms with Crippen LogP contribution in [-0.2, 0) is 36.8 Å². The molecule has 0 spiro atoms. The molecule has 1 aliphatic rings. The Hall–Kier alpha value is -3.68. The van der Waals surface area contributed by atoms with E-state index in [1.54, 1.807) is 0 Å². The lowest BCUT2D eigenvalue weighted by molar-refractivity contribution is -0.145. The van der Waals surface area contributed by atoms with Gasteiger partial charge < -0.3 is 20.7 Å². The monoisotopic (exact) mass is 535 g/mol. The van der Waals surface area contributed by atoms with Gasteiger partial charge in [-0.1, -0.05) is 74.5 Å². The Morgan fingerprint density at radius 2 is 1.36 bits per heavy atom. The lowest BCUT2D eigenvalue weighted by Crippen LogP contribution is -2.56. The molecule has 1 fully saturated rings. The van der Waals surface area contributed by atoms with Gasteiger partial charge in [-0.3, -0.25) is 14.4 Å². The van der Waals surface area contributed by atoms with Gasteiger partial charge in [0.2, 0.25) is 17.7 Å². The summed E-state index contributed by atoms with van der Waals surface area (Å²) < 4.78 is 4.93. The maximum Gasteiger partial charge on any atom is 0.328 e. The van der Waals surface area contributed by atoms with Crippen LogP contribution in [0.15, 0.2) is 60.7 Å². The number of aryl methyl sites for hydroxylation is 1. The number of amides is 3.